The average molecular weight is 398 g/mol. The third kappa shape index (κ3) is 7.21. The van der Waals surface area contributed by atoms with Crippen LogP contribution < -0.4 is 10.0 Å². The van der Waals surface area contributed by atoms with Crippen molar-refractivity contribution in [2.24, 2.45) is 5.92 Å². The van der Waals surface area contributed by atoms with Crippen molar-refractivity contribution in [3.8, 4) is 0 Å². The van der Waals surface area contributed by atoms with E-state index in [1.165, 1.54) is 0 Å². The highest BCUT2D eigenvalue weighted by Crippen LogP contribution is 2.13. The highest BCUT2D eigenvalue weighted by molar-refractivity contribution is 7.89. The molecule has 0 radical (unpaired) electrons. The SMILES string of the molecule is Cc1ccc(S(=O)(=O)NC(CC(C)C)C(=O)NCCN2CCOCC2)cc1. The second-order valence-corrected chi connectivity index (χ2v) is 9.08. The lowest BCUT2D eigenvalue weighted by molar-refractivity contribution is -0.123. The lowest BCUT2D eigenvalue weighted by Gasteiger charge is -2.27. The van der Waals surface area contributed by atoms with E-state index in [1.54, 1.807) is 24.3 Å². The lowest BCUT2D eigenvalue weighted by Crippen LogP contribution is -2.49. The molecule has 8 heteroatoms. The molecule has 2 rings (SSSR count). The molecule has 1 aromatic carbocycles. The number of amides is 1. The van der Waals surface area contributed by atoms with Crippen molar-refractivity contribution in [3.63, 3.8) is 0 Å². The maximum Gasteiger partial charge on any atom is 0.241 e. The molecule has 0 aromatic heterocycles. The summed E-state index contributed by atoms with van der Waals surface area (Å²) in [5, 5.41) is 2.87. The van der Waals surface area contributed by atoms with Gasteiger partial charge in [0.15, 0.2) is 0 Å². The summed E-state index contributed by atoms with van der Waals surface area (Å²) in [7, 11) is -3.75. The molecule has 2 N–H and O–H groups in total. The van der Waals surface area contributed by atoms with Gasteiger partial charge in [-0.25, -0.2) is 8.42 Å². The predicted molar refractivity (Wildman–Crippen MR) is 105 cm³/mol. The minimum absolute atomic E-state index is 0.169. The van der Waals surface area contributed by atoms with Crippen LogP contribution in [-0.4, -0.2) is 64.7 Å². The van der Waals surface area contributed by atoms with Gasteiger partial charge >= 0.3 is 0 Å². The Morgan fingerprint density at radius 2 is 1.81 bits per heavy atom. The van der Waals surface area contributed by atoms with Crippen molar-refractivity contribution in [1.29, 1.82) is 0 Å². The number of sulfonamides is 1. The predicted octanol–water partition coefficient (Wildman–Crippen LogP) is 1.14. The second kappa shape index (κ2) is 10.2. The van der Waals surface area contributed by atoms with Gasteiger partial charge in [0.05, 0.1) is 18.1 Å². The highest BCUT2D eigenvalue weighted by atomic mass is 32.2. The van der Waals surface area contributed by atoms with Crippen LogP contribution in [0.3, 0.4) is 0 Å². The summed E-state index contributed by atoms with van der Waals surface area (Å²) in [4.78, 5) is 15.0. The topological polar surface area (TPSA) is 87.7 Å². The van der Waals surface area contributed by atoms with Crippen LogP contribution in [0.15, 0.2) is 29.2 Å². The fourth-order valence-electron chi connectivity index (χ4n) is 2.94. The summed E-state index contributed by atoms with van der Waals surface area (Å²) in [6.45, 7) is 10.2. The van der Waals surface area contributed by atoms with E-state index in [9.17, 15) is 13.2 Å². The van der Waals surface area contributed by atoms with Gasteiger partial charge in [-0.1, -0.05) is 31.5 Å². The van der Waals surface area contributed by atoms with Crippen molar-refractivity contribution in [2.45, 2.75) is 38.1 Å². The molecule has 1 unspecified atom stereocenters. The van der Waals surface area contributed by atoms with E-state index in [0.717, 1.165) is 25.2 Å². The quantitative estimate of drug-likeness (QED) is 0.652. The van der Waals surface area contributed by atoms with E-state index in [1.807, 2.05) is 20.8 Å². The van der Waals surface area contributed by atoms with Crippen molar-refractivity contribution in [2.75, 3.05) is 39.4 Å². The maximum absolute atomic E-state index is 12.6. The molecule has 0 spiro atoms. The first-order valence-corrected chi connectivity index (χ1v) is 10.9. The number of hydrogen-bond donors (Lipinski definition) is 2. The summed E-state index contributed by atoms with van der Waals surface area (Å²) in [6, 6.07) is 5.81. The zero-order valence-electron chi connectivity index (χ0n) is 16.4. The van der Waals surface area contributed by atoms with Crippen LogP contribution in [0.1, 0.15) is 25.8 Å². The Morgan fingerprint density at radius 3 is 2.41 bits per heavy atom. The van der Waals surface area contributed by atoms with Crippen molar-refractivity contribution in [3.05, 3.63) is 29.8 Å². The number of nitrogens with zero attached hydrogens (tertiary/aromatic N) is 1. The number of ether oxygens (including phenoxy) is 1. The number of carbonyl (C=O) groups excluding carboxylic acids is 1. The number of aryl methyl sites for hydroxylation is 1. The maximum atomic E-state index is 12.6. The Balaban J connectivity index is 1.96. The molecule has 1 atom stereocenters. The van der Waals surface area contributed by atoms with Gasteiger partial charge in [-0.05, 0) is 31.4 Å². The first-order chi connectivity index (χ1) is 12.8. The van der Waals surface area contributed by atoms with Gasteiger partial charge in [0.2, 0.25) is 15.9 Å². The minimum atomic E-state index is -3.75. The van der Waals surface area contributed by atoms with E-state index >= 15 is 0 Å². The molecule has 1 amide bonds. The number of morpholine rings is 1. The van der Waals surface area contributed by atoms with Gasteiger partial charge in [0.1, 0.15) is 6.04 Å². The zero-order valence-corrected chi connectivity index (χ0v) is 17.2. The molecule has 1 fully saturated rings. The smallest absolute Gasteiger partial charge is 0.241 e. The molecule has 27 heavy (non-hydrogen) atoms. The van der Waals surface area contributed by atoms with Crippen LogP contribution in [0, 0.1) is 12.8 Å². The molecule has 0 bridgehead atoms. The first kappa shape index (κ1) is 21.8. The molecule has 152 valence electrons. The van der Waals surface area contributed by atoms with E-state index in [0.29, 0.717) is 26.2 Å². The molecule has 1 aliphatic heterocycles. The summed E-state index contributed by atoms with van der Waals surface area (Å²) < 4.78 is 33.2. The summed E-state index contributed by atoms with van der Waals surface area (Å²) in [5.74, 6) is -0.103. The first-order valence-electron chi connectivity index (χ1n) is 9.45. The Hall–Kier alpha value is -1.48. The van der Waals surface area contributed by atoms with Crippen LogP contribution >= 0.6 is 0 Å². The molecule has 7 nitrogen and oxygen atoms in total. The Morgan fingerprint density at radius 1 is 1.19 bits per heavy atom. The lowest BCUT2D eigenvalue weighted by atomic mass is 10.0. The minimum Gasteiger partial charge on any atom is -0.379 e. The van der Waals surface area contributed by atoms with Gasteiger partial charge in [-0.15, -0.1) is 0 Å². The molecule has 0 aliphatic carbocycles. The number of rotatable bonds is 9. The van der Waals surface area contributed by atoms with Gasteiger partial charge in [0, 0.05) is 26.2 Å². The van der Waals surface area contributed by atoms with E-state index < -0.39 is 16.1 Å². The normalized spacial score (nSPS) is 17.0. The van der Waals surface area contributed by atoms with Gasteiger partial charge < -0.3 is 10.1 Å². The van der Waals surface area contributed by atoms with Gasteiger partial charge in [-0.3, -0.25) is 9.69 Å². The average Bonchev–Trinajstić information content (AvgIpc) is 2.62. The van der Waals surface area contributed by atoms with Crippen molar-refractivity contribution in [1.82, 2.24) is 14.9 Å². The zero-order chi connectivity index (χ0) is 19.9. The van der Waals surface area contributed by atoms with Crippen LogP contribution in [0.25, 0.3) is 0 Å². The number of carbonyl (C=O) groups is 1. The Labute approximate surface area is 162 Å². The highest BCUT2D eigenvalue weighted by Gasteiger charge is 2.26. The molecular formula is C19H31N3O4S. The van der Waals surface area contributed by atoms with E-state index in [-0.39, 0.29) is 16.7 Å². The standard InChI is InChI=1S/C19H31N3O4S/c1-15(2)14-18(19(23)20-8-9-22-10-12-26-13-11-22)21-27(24,25)17-6-4-16(3)5-7-17/h4-7,15,18,21H,8-14H2,1-3H3,(H,20,23). The van der Waals surface area contributed by atoms with E-state index in [4.69, 9.17) is 4.74 Å². The summed E-state index contributed by atoms with van der Waals surface area (Å²) in [5.41, 5.74) is 0.980. The molecule has 1 saturated heterocycles. The summed E-state index contributed by atoms with van der Waals surface area (Å²) >= 11 is 0. The molecule has 1 heterocycles. The fraction of sp³-hybridized carbons (Fsp3) is 0.632. The molecule has 1 aromatic rings. The largest absolute Gasteiger partial charge is 0.379 e. The van der Waals surface area contributed by atoms with Crippen molar-refractivity contribution >= 4 is 15.9 Å². The Kier molecular flexibility index (Phi) is 8.22. The number of benzene rings is 1. The van der Waals surface area contributed by atoms with Crippen LogP contribution in [0.5, 0.6) is 0 Å². The van der Waals surface area contributed by atoms with Crippen LogP contribution in [0.4, 0.5) is 0 Å². The van der Waals surface area contributed by atoms with Gasteiger partial charge in [-0.2, -0.15) is 4.72 Å². The van der Waals surface area contributed by atoms with Crippen LogP contribution in [0.2, 0.25) is 0 Å². The van der Waals surface area contributed by atoms with E-state index in [2.05, 4.69) is 14.9 Å². The van der Waals surface area contributed by atoms with Crippen molar-refractivity contribution < 1.29 is 17.9 Å². The molecular weight excluding hydrogens is 366 g/mol. The third-order valence-electron chi connectivity index (χ3n) is 4.48. The van der Waals surface area contributed by atoms with Gasteiger partial charge in [0.25, 0.3) is 0 Å². The summed E-state index contributed by atoms with van der Waals surface area (Å²) in [6.07, 6.45) is 0.439. The monoisotopic (exact) mass is 397 g/mol. The number of nitrogens with one attached hydrogen (secondary N) is 2. The fourth-order valence-corrected chi connectivity index (χ4v) is 4.15. The molecule has 0 saturated carbocycles. The molecule has 1 aliphatic rings. The Bertz CT molecular complexity index is 698. The third-order valence-corrected chi connectivity index (χ3v) is 5.97. The second-order valence-electron chi connectivity index (χ2n) is 7.36. The number of hydrogen-bond acceptors (Lipinski definition) is 5. The van der Waals surface area contributed by atoms with Crippen LogP contribution in [-0.2, 0) is 19.6 Å².